The van der Waals surface area contributed by atoms with Crippen LogP contribution in [0, 0.1) is 6.92 Å². The number of furan rings is 1. The van der Waals surface area contributed by atoms with E-state index in [1.807, 2.05) is 31.2 Å². The van der Waals surface area contributed by atoms with Crippen molar-refractivity contribution in [3.8, 4) is 5.75 Å². The van der Waals surface area contributed by atoms with Gasteiger partial charge in [0.05, 0.1) is 25.0 Å². The van der Waals surface area contributed by atoms with Gasteiger partial charge in [0.1, 0.15) is 11.5 Å². The van der Waals surface area contributed by atoms with E-state index >= 15 is 0 Å². The second-order valence-electron chi connectivity index (χ2n) is 4.36. The molecule has 2 aromatic rings. The summed E-state index contributed by atoms with van der Waals surface area (Å²) < 4.78 is 10.3. The summed E-state index contributed by atoms with van der Waals surface area (Å²) in [6.07, 6.45) is 1.51. The minimum atomic E-state index is -0.137. The van der Waals surface area contributed by atoms with Crippen LogP contribution >= 0.6 is 0 Å². The number of carbonyl (C=O) groups is 1. The highest BCUT2D eigenvalue weighted by Crippen LogP contribution is 2.19. The van der Waals surface area contributed by atoms with E-state index in [0.29, 0.717) is 11.3 Å². The molecule has 1 aromatic carbocycles. The second kappa shape index (κ2) is 5.61. The van der Waals surface area contributed by atoms with Gasteiger partial charge in [-0.1, -0.05) is 12.1 Å². The summed E-state index contributed by atoms with van der Waals surface area (Å²) in [5.74, 6) is 1.26. The van der Waals surface area contributed by atoms with E-state index in [9.17, 15) is 4.79 Å². The summed E-state index contributed by atoms with van der Waals surface area (Å²) in [7, 11) is 1.62. The van der Waals surface area contributed by atoms with Crippen molar-refractivity contribution in [2.75, 3.05) is 7.11 Å². The lowest BCUT2D eigenvalue weighted by Crippen LogP contribution is -2.26. The maximum atomic E-state index is 12.1. The second-order valence-corrected chi connectivity index (χ2v) is 4.36. The Hall–Kier alpha value is -2.23. The highest BCUT2D eigenvalue weighted by molar-refractivity contribution is 5.95. The Morgan fingerprint density at radius 2 is 2.16 bits per heavy atom. The average Bonchev–Trinajstić information content (AvgIpc) is 2.85. The summed E-state index contributed by atoms with van der Waals surface area (Å²) in [4.78, 5) is 12.1. The Morgan fingerprint density at radius 3 is 2.79 bits per heavy atom. The molecule has 0 fully saturated rings. The molecule has 1 heterocycles. The number of amides is 1. The van der Waals surface area contributed by atoms with Gasteiger partial charge in [0, 0.05) is 0 Å². The van der Waals surface area contributed by atoms with E-state index in [1.54, 1.807) is 20.1 Å². The molecule has 0 bridgehead atoms. The maximum Gasteiger partial charge on any atom is 0.255 e. The van der Waals surface area contributed by atoms with Gasteiger partial charge in [-0.25, -0.2) is 0 Å². The van der Waals surface area contributed by atoms with E-state index in [-0.39, 0.29) is 11.9 Å². The fourth-order valence-electron chi connectivity index (χ4n) is 1.89. The Kier molecular flexibility index (Phi) is 3.90. The number of hydrogen-bond acceptors (Lipinski definition) is 3. The normalized spacial score (nSPS) is 11.9. The number of hydrogen-bond donors (Lipinski definition) is 1. The first kappa shape index (κ1) is 13.2. The molecule has 0 aliphatic carbocycles. The van der Waals surface area contributed by atoms with E-state index in [4.69, 9.17) is 9.15 Å². The van der Waals surface area contributed by atoms with Gasteiger partial charge in [-0.2, -0.15) is 0 Å². The largest absolute Gasteiger partial charge is 0.497 e. The predicted octanol–water partition coefficient (Wildman–Crippen LogP) is 3.09. The number of rotatable bonds is 4. The Balaban J connectivity index is 2.10. The van der Waals surface area contributed by atoms with Crippen LogP contribution in [0.25, 0.3) is 0 Å². The zero-order chi connectivity index (χ0) is 13.8. The summed E-state index contributed by atoms with van der Waals surface area (Å²) in [6.45, 7) is 3.70. The van der Waals surface area contributed by atoms with Crippen LogP contribution < -0.4 is 10.1 Å². The third-order valence-corrected chi connectivity index (χ3v) is 3.04. The topological polar surface area (TPSA) is 51.5 Å². The van der Waals surface area contributed by atoms with Crippen LogP contribution in [0.15, 0.2) is 41.0 Å². The fourth-order valence-corrected chi connectivity index (χ4v) is 1.89. The molecule has 1 atom stereocenters. The van der Waals surface area contributed by atoms with Crippen molar-refractivity contribution in [1.82, 2.24) is 5.32 Å². The van der Waals surface area contributed by atoms with E-state index < -0.39 is 0 Å². The molecule has 1 amide bonds. The number of benzene rings is 1. The molecule has 0 radical (unpaired) electrons. The zero-order valence-corrected chi connectivity index (χ0v) is 11.3. The lowest BCUT2D eigenvalue weighted by molar-refractivity contribution is 0.0938. The van der Waals surface area contributed by atoms with Crippen molar-refractivity contribution >= 4 is 5.91 Å². The average molecular weight is 259 g/mol. The SMILES string of the molecule is COc1cccc([C@H](C)NC(=O)c2ccoc2C)c1. The highest BCUT2D eigenvalue weighted by Gasteiger charge is 2.15. The Morgan fingerprint density at radius 1 is 1.37 bits per heavy atom. The predicted molar refractivity (Wildman–Crippen MR) is 72.3 cm³/mol. The van der Waals surface area contributed by atoms with Crippen LogP contribution in [0.5, 0.6) is 5.75 Å². The molecule has 4 heteroatoms. The molecular formula is C15H17NO3. The molecule has 4 nitrogen and oxygen atoms in total. The van der Waals surface area contributed by atoms with Gasteiger partial charge in [-0.15, -0.1) is 0 Å². The van der Waals surface area contributed by atoms with Crippen molar-refractivity contribution in [2.24, 2.45) is 0 Å². The van der Waals surface area contributed by atoms with Gasteiger partial charge in [-0.3, -0.25) is 4.79 Å². The molecule has 0 unspecified atom stereocenters. The van der Waals surface area contributed by atoms with Gasteiger partial charge >= 0.3 is 0 Å². The number of methoxy groups -OCH3 is 1. The third-order valence-electron chi connectivity index (χ3n) is 3.04. The quantitative estimate of drug-likeness (QED) is 0.918. The number of carbonyl (C=O) groups excluding carboxylic acids is 1. The summed E-state index contributed by atoms with van der Waals surface area (Å²) in [5.41, 5.74) is 1.56. The van der Waals surface area contributed by atoms with Gasteiger partial charge in [0.15, 0.2) is 0 Å². The van der Waals surface area contributed by atoms with Crippen molar-refractivity contribution < 1.29 is 13.9 Å². The number of aryl methyl sites for hydroxylation is 1. The minimum Gasteiger partial charge on any atom is -0.497 e. The monoisotopic (exact) mass is 259 g/mol. The first-order chi connectivity index (χ1) is 9.11. The van der Waals surface area contributed by atoms with Crippen molar-refractivity contribution in [3.05, 3.63) is 53.5 Å². The molecule has 0 saturated carbocycles. The van der Waals surface area contributed by atoms with Gasteiger partial charge in [0.2, 0.25) is 0 Å². The van der Waals surface area contributed by atoms with Crippen LogP contribution in [-0.2, 0) is 0 Å². The molecule has 0 aliphatic heterocycles. The molecule has 100 valence electrons. The molecule has 1 N–H and O–H groups in total. The number of ether oxygens (including phenoxy) is 1. The molecule has 0 saturated heterocycles. The van der Waals surface area contributed by atoms with Crippen LogP contribution in [0.3, 0.4) is 0 Å². The lowest BCUT2D eigenvalue weighted by Gasteiger charge is -2.14. The summed E-state index contributed by atoms with van der Waals surface area (Å²) >= 11 is 0. The Labute approximate surface area is 112 Å². The summed E-state index contributed by atoms with van der Waals surface area (Å²) in [6, 6.07) is 9.21. The molecule has 2 rings (SSSR count). The van der Waals surface area contributed by atoms with Crippen molar-refractivity contribution in [2.45, 2.75) is 19.9 Å². The van der Waals surface area contributed by atoms with Crippen LogP contribution in [0.2, 0.25) is 0 Å². The highest BCUT2D eigenvalue weighted by atomic mass is 16.5. The fraction of sp³-hybridized carbons (Fsp3) is 0.267. The molecule has 0 aliphatic rings. The van der Waals surface area contributed by atoms with Gasteiger partial charge < -0.3 is 14.5 Å². The van der Waals surface area contributed by atoms with Crippen molar-refractivity contribution in [1.29, 1.82) is 0 Å². The van der Waals surface area contributed by atoms with Crippen molar-refractivity contribution in [3.63, 3.8) is 0 Å². The lowest BCUT2D eigenvalue weighted by atomic mass is 10.1. The van der Waals surface area contributed by atoms with Crippen LogP contribution in [0.1, 0.15) is 34.6 Å². The molecule has 19 heavy (non-hydrogen) atoms. The zero-order valence-electron chi connectivity index (χ0n) is 11.3. The maximum absolute atomic E-state index is 12.1. The first-order valence-corrected chi connectivity index (χ1v) is 6.10. The summed E-state index contributed by atoms with van der Waals surface area (Å²) in [5, 5.41) is 2.94. The van der Waals surface area contributed by atoms with Crippen LogP contribution in [-0.4, -0.2) is 13.0 Å². The van der Waals surface area contributed by atoms with Gasteiger partial charge in [-0.05, 0) is 37.6 Å². The van der Waals surface area contributed by atoms with E-state index in [2.05, 4.69) is 5.32 Å². The third kappa shape index (κ3) is 2.96. The standard InChI is InChI=1S/C15H17NO3/c1-10(12-5-4-6-13(9-12)18-3)16-15(17)14-7-8-19-11(14)2/h4-10H,1-3H3,(H,16,17)/t10-/m0/s1. The van der Waals surface area contributed by atoms with E-state index in [1.165, 1.54) is 6.26 Å². The van der Waals surface area contributed by atoms with E-state index in [0.717, 1.165) is 11.3 Å². The Bertz CT molecular complexity index is 574. The minimum absolute atomic E-state index is 0.100. The first-order valence-electron chi connectivity index (χ1n) is 6.10. The van der Waals surface area contributed by atoms with Crippen LogP contribution in [0.4, 0.5) is 0 Å². The molecule has 1 aromatic heterocycles. The number of nitrogens with one attached hydrogen (secondary N) is 1. The molecular weight excluding hydrogens is 242 g/mol. The smallest absolute Gasteiger partial charge is 0.255 e. The molecule has 0 spiro atoms. The van der Waals surface area contributed by atoms with Gasteiger partial charge in [0.25, 0.3) is 5.91 Å².